The highest BCUT2D eigenvalue weighted by atomic mass is 16.6. The molecule has 236 valence electrons. The van der Waals surface area contributed by atoms with Gasteiger partial charge in [0.15, 0.2) is 5.96 Å². The summed E-state index contributed by atoms with van der Waals surface area (Å²) in [5.41, 5.74) is 10.0. The van der Waals surface area contributed by atoms with Gasteiger partial charge in [-0.15, -0.1) is 0 Å². The van der Waals surface area contributed by atoms with Crippen LogP contribution in [0.1, 0.15) is 0 Å². The van der Waals surface area contributed by atoms with E-state index >= 15 is 0 Å². The zero-order chi connectivity index (χ0) is 32.5. The Labute approximate surface area is 262 Å². The Hall–Kier alpha value is -5.93. The predicted molar refractivity (Wildman–Crippen MR) is 173 cm³/mol. The van der Waals surface area contributed by atoms with E-state index in [-0.39, 0.29) is 17.3 Å². The third kappa shape index (κ3) is 7.77. The van der Waals surface area contributed by atoms with E-state index in [1.807, 2.05) is 41.0 Å². The highest BCUT2D eigenvalue weighted by molar-refractivity contribution is 5.84. The lowest BCUT2D eigenvalue weighted by Crippen LogP contribution is -2.33. The molecule has 0 radical (unpaired) electrons. The van der Waals surface area contributed by atoms with Gasteiger partial charge in [0.05, 0.1) is 76.3 Å². The zero-order valence-corrected chi connectivity index (χ0v) is 24.6. The highest BCUT2D eigenvalue weighted by Gasteiger charge is 2.17. The van der Waals surface area contributed by atoms with Crippen molar-refractivity contribution < 1.29 is 19.3 Å². The van der Waals surface area contributed by atoms with Gasteiger partial charge in [0.25, 0.3) is 11.4 Å². The minimum Gasteiger partial charge on any atom is -0.377 e. The van der Waals surface area contributed by atoms with E-state index in [4.69, 9.17) is 30.6 Å². The van der Waals surface area contributed by atoms with Crippen molar-refractivity contribution >= 4 is 39.7 Å². The molecule has 3 aromatic rings. The minimum absolute atomic E-state index is 0.0181. The van der Waals surface area contributed by atoms with Gasteiger partial charge >= 0.3 is 0 Å². The molecule has 0 saturated heterocycles. The fraction of sp³-hybridized carbons (Fsp3) is 0.194. The quantitative estimate of drug-likeness (QED) is 0.0346. The molecular formula is C31H31N9O6. The molecule has 2 aliphatic rings. The number of anilines is 2. The molecule has 3 aromatic carbocycles. The average molecular weight is 626 g/mol. The molecule has 0 spiro atoms. The highest BCUT2D eigenvalue weighted by Crippen LogP contribution is 2.31. The van der Waals surface area contributed by atoms with E-state index in [9.17, 15) is 20.2 Å². The van der Waals surface area contributed by atoms with Crippen LogP contribution >= 0.6 is 0 Å². The number of hydrogen-bond acceptors (Lipinski definition) is 10. The van der Waals surface area contributed by atoms with Crippen LogP contribution in [0.25, 0.3) is 28.1 Å². The van der Waals surface area contributed by atoms with Gasteiger partial charge < -0.3 is 30.4 Å². The Morgan fingerprint density at radius 1 is 0.891 bits per heavy atom. The Kier molecular flexibility index (Phi) is 10.1. The van der Waals surface area contributed by atoms with Crippen molar-refractivity contribution in [3.63, 3.8) is 0 Å². The maximum Gasteiger partial charge on any atom is 0.269 e. The molecule has 0 unspecified atom stereocenters. The maximum atomic E-state index is 11.3. The van der Waals surface area contributed by atoms with Crippen molar-refractivity contribution in [1.82, 2.24) is 14.9 Å². The lowest BCUT2D eigenvalue weighted by Gasteiger charge is -2.20. The van der Waals surface area contributed by atoms with Crippen molar-refractivity contribution in [2.24, 2.45) is 10.7 Å². The van der Waals surface area contributed by atoms with Crippen molar-refractivity contribution in [1.29, 1.82) is 5.41 Å². The first-order chi connectivity index (χ1) is 22.3. The molecule has 0 aromatic heterocycles. The molecule has 1 aliphatic heterocycles. The fourth-order valence-electron chi connectivity index (χ4n) is 4.71. The molecule has 0 fully saturated rings. The number of nitrogens with one attached hydrogen (secondary N) is 3. The summed E-state index contributed by atoms with van der Waals surface area (Å²) in [7, 11) is 0. The molecule has 5 rings (SSSR count). The average Bonchev–Trinajstić information content (AvgIpc) is 3.05. The van der Waals surface area contributed by atoms with E-state index in [1.165, 1.54) is 24.3 Å². The first-order valence-electron chi connectivity index (χ1n) is 14.3. The van der Waals surface area contributed by atoms with E-state index in [1.54, 1.807) is 24.3 Å². The standard InChI is InChI=1S/C31H31N9O6/c32-31(33)35-14-16-46-18-17-45-15-13-34-26-20-30-28(19-27(26)36-21-5-7-23(8-6-21)39(41)42)37-25-3-1-2-4-29(25)38(30)22-9-11-24(12-10-22)40(43)44/h1-12,19-20,36H,13-18H2,(H4,32,33,35)/b34-26-. The minimum atomic E-state index is -0.458. The van der Waals surface area contributed by atoms with Crippen molar-refractivity contribution in [2.75, 3.05) is 44.8 Å². The fourth-order valence-corrected chi connectivity index (χ4v) is 4.71. The van der Waals surface area contributed by atoms with Gasteiger partial charge in [0, 0.05) is 42.2 Å². The van der Waals surface area contributed by atoms with Crippen molar-refractivity contribution in [3.05, 3.63) is 111 Å². The molecule has 0 atom stereocenters. The number of guanidine groups is 1. The summed E-state index contributed by atoms with van der Waals surface area (Å²) in [5.74, 6) is -0.111. The largest absolute Gasteiger partial charge is 0.377 e. The second kappa shape index (κ2) is 14.7. The summed E-state index contributed by atoms with van der Waals surface area (Å²) >= 11 is 0. The molecule has 5 N–H and O–H groups in total. The molecule has 0 amide bonds. The molecule has 46 heavy (non-hydrogen) atoms. The molecule has 0 saturated carbocycles. The van der Waals surface area contributed by atoms with Gasteiger partial charge in [-0.25, -0.2) is 4.98 Å². The zero-order valence-electron chi connectivity index (χ0n) is 24.6. The van der Waals surface area contributed by atoms with Crippen molar-refractivity contribution in [3.8, 4) is 17.1 Å². The van der Waals surface area contributed by atoms with Crippen LogP contribution < -0.4 is 21.7 Å². The number of rotatable bonds is 14. The van der Waals surface area contributed by atoms with Gasteiger partial charge in [-0.05, 0) is 48.5 Å². The monoisotopic (exact) mass is 625 g/mol. The first-order valence-corrected chi connectivity index (χ1v) is 14.3. The molecule has 15 heteroatoms. The van der Waals surface area contributed by atoms with Crippen LogP contribution in [0.4, 0.5) is 22.7 Å². The summed E-state index contributed by atoms with van der Waals surface area (Å²) in [6.45, 7) is 2.20. The van der Waals surface area contributed by atoms with Crippen molar-refractivity contribution in [2.45, 2.75) is 0 Å². The number of nitro benzene ring substituents is 2. The number of nitrogens with zero attached hydrogens (tertiary/aromatic N) is 5. The van der Waals surface area contributed by atoms with Gasteiger partial charge in [0.1, 0.15) is 0 Å². The molecular weight excluding hydrogens is 594 g/mol. The summed E-state index contributed by atoms with van der Waals surface area (Å²) < 4.78 is 13.1. The van der Waals surface area contributed by atoms with Crippen LogP contribution in [0.5, 0.6) is 0 Å². The summed E-state index contributed by atoms with van der Waals surface area (Å²) in [6, 6.07) is 23.7. The number of fused-ring (bicyclic) bond motifs is 2. The smallest absolute Gasteiger partial charge is 0.269 e. The molecule has 0 bridgehead atoms. The number of para-hydroxylation sites is 2. The number of benzene rings is 4. The van der Waals surface area contributed by atoms with Crippen LogP contribution in [-0.4, -0.2) is 64.9 Å². The number of ether oxygens (including phenoxy) is 2. The van der Waals surface area contributed by atoms with Crippen LogP contribution in [0.15, 0.2) is 89.9 Å². The van der Waals surface area contributed by atoms with Crippen LogP contribution in [-0.2, 0) is 9.47 Å². The summed E-state index contributed by atoms with van der Waals surface area (Å²) in [5, 5.41) is 36.2. The number of hydrogen-bond donors (Lipinski definition) is 4. The van der Waals surface area contributed by atoms with E-state index in [0.29, 0.717) is 78.8 Å². The first kappa shape index (κ1) is 31.5. The Morgan fingerprint density at radius 3 is 2.22 bits per heavy atom. The van der Waals surface area contributed by atoms with Crippen LogP contribution in [0.2, 0.25) is 0 Å². The van der Waals surface area contributed by atoms with E-state index < -0.39 is 9.85 Å². The normalized spacial score (nSPS) is 11.5. The third-order valence-corrected chi connectivity index (χ3v) is 6.82. The second-order valence-electron chi connectivity index (χ2n) is 9.94. The molecule has 15 nitrogen and oxygen atoms in total. The second-order valence-corrected chi connectivity index (χ2v) is 9.94. The van der Waals surface area contributed by atoms with Gasteiger partial charge in [-0.2, -0.15) is 0 Å². The summed E-state index contributed by atoms with van der Waals surface area (Å²) in [4.78, 5) is 31.3. The van der Waals surface area contributed by atoms with Gasteiger partial charge in [0.2, 0.25) is 0 Å². The Morgan fingerprint density at radius 2 is 1.54 bits per heavy atom. The third-order valence-electron chi connectivity index (χ3n) is 6.82. The number of aromatic nitrogens is 2. The lowest BCUT2D eigenvalue weighted by molar-refractivity contribution is -0.385. The SMILES string of the molecule is N=C(N)NCCOCCOCC/N=c1/cc2n(-c3ccc([N+](=O)[O-])cc3)c3ccccc3nc-2cc1Nc1ccc([N+](=O)[O-])cc1. The molecule has 1 heterocycles. The molecule has 1 aliphatic carbocycles. The Bertz CT molecular complexity index is 1890. The van der Waals surface area contributed by atoms with Gasteiger partial charge in [-0.1, -0.05) is 12.1 Å². The lowest BCUT2D eigenvalue weighted by atomic mass is 10.1. The van der Waals surface area contributed by atoms with Crippen LogP contribution in [0, 0.1) is 25.6 Å². The van der Waals surface area contributed by atoms with E-state index in [0.717, 1.165) is 5.52 Å². The van der Waals surface area contributed by atoms with Gasteiger partial charge in [-0.3, -0.25) is 30.6 Å². The maximum absolute atomic E-state index is 11.3. The number of nitro groups is 2. The number of non-ortho nitro benzene ring substituents is 2. The Balaban J connectivity index is 1.49. The van der Waals surface area contributed by atoms with Crippen LogP contribution in [0.3, 0.4) is 0 Å². The van der Waals surface area contributed by atoms with E-state index in [2.05, 4.69) is 10.6 Å². The number of nitrogens with two attached hydrogens (primary N) is 1. The topological polar surface area (TPSA) is 209 Å². The predicted octanol–water partition coefficient (Wildman–Crippen LogP) is 4.11. The summed E-state index contributed by atoms with van der Waals surface area (Å²) in [6.07, 6.45) is 0.